The number of aromatic nitrogens is 2. The molecule has 3 nitrogen and oxygen atoms in total. The molecule has 1 atom stereocenters. The molecule has 1 heterocycles. The number of alkyl halides is 4. The first-order chi connectivity index (χ1) is 9.32. The molecule has 0 radical (unpaired) electrons. The number of halogens is 5. The highest BCUT2D eigenvalue weighted by Crippen LogP contribution is 2.38. The van der Waals surface area contributed by atoms with Crippen LogP contribution in [0.25, 0.3) is 11.4 Å². The van der Waals surface area contributed by atoms with Crippen LogP contribution in [-0.4, -0.2) is 10.1 Å². The summed E-state index contributed by atoms with van der Waals surface area (Å²) in [6, 6.07) is 3.82. The lowest BCUT2D eigenvalue weighted by atomic mass is 10.1. The summed E-state index contributed by atoms with van der Waals surface area (Å²) < 4.78 is 44.4. The van der Waals surface area contributed by atoms with E-state index in [1.54, 1.807) is 0 Å². The van der Waals surface area contributed by atoms with Crippen molar-refractivity contribution in [2.75, 3.05) is 0 Å². The zero-order chi connectivity index (χ0) is 14.9. The van der Waals surface area contributed by atoms with E-state index in [-0.39, 0.29) is 22.1 Å². The first kappa shape index (κ1) is 15.5. The summed E-state index contributed by atoms with van der Waals surface area (Å²) in [5.41, 5.74) is -0.909. The van der Waals surface area contributed by atoms with Crippen LogP contribution in [-0.2, 0) is 6.18 Å². The minimum Gasteiger partial charge on any atom is -0.338 e. The molecule has 0 aliphatic rings. The Morgan fingerprint density at radius 3 is 2.65 bits per heavy atom. The smallest absolute Gasteiger partial charge is 0.338 e. The minimum absolute atomic E-state index is 0.0716. The first-order valence-electron chi connectivity index (χ1n) is 5.67. The van der Waals surface area contributed by atoms with Crippen molar-refractivity contribution < 1.29 is 17.7 Å². The fraction of sp³-hybridized carbons (Fsp3) is 0.333. The molecule has 2 rings (SSSR count). The van der Waals surface area contributed by atoms with Crippen molar-refractivity contribution in [3.05, 3.63) is 34.1 Å². The normalized spacial score (nSPS) is 13.5. The van der Waals surface area contributed by atoms with Crippen molar-refractivity contribution in [2.45, 2.75) is 24.3 Å². The second-order valence-corrected chi connectivity index (χ2v) is 6.04. The van der Waals surface area contributed by atoms with E-state index in [1.807, 2.05) is 6.92 Å². The van der Waals surface area contributed by atoms with Crippen LogP contribution in [0.3, 0.4) is 0 Å². The van der Waals surface area contributed by atoms with Crippen molar-refractivity contribution in [2.24, 2.45) is 0 Å². The molecular formula is C12H9Br2F3N2O. The number of rotatable bonds is 3. The average molecular weight is 414 g/mol. The molecule has 0 amide bonds. The van der Waals surface area contributed by atoms with Gasteiger partial charge in [-0.15, -0.1) is 0 Å². The number of benzene rings is 1. The van der Waals surface area contributed by atoms with Gasteiger partial charge >= 0.3 is 6.18 Å². The molecule has 20 heavy (non-hydrogen) atoms. The highest BCUT2D eigenvalue weighted by Gasteiger charge is 2.35. The van der Waals surface area contributed by atoms with Crippen LogP contribution in [0, 0.1) is 0 Å². The average Bonchev–Trinajstić information content (AvgIpc) is 2.86. The van der Waals surface area contributed by atoms with Gasteiger partial charge in [-0.25, -0.2) is 0 Å². The first-order valence-corrected chi connectivity index (χ1v) is 7.38. The van der Waals surface area contributed by atoms with Crippen LogP contribution in [0.15, 0.2) is 27.2 Å². The molecule has 0 saturated heterocycles. The van der Waals surface area contributed by atoms with Gasteiger partial charge in [0.2, 0.25) is 11.7 Å². The second kappa shape index (κ2) is 5.85. The van der Waals surface area contributed by atoms with Gasteiger partial charge in [-0.05, 0) is 24.6 Å². The number of nitrogens with zero attached hydrogens (tertiary/aromatic N) is 2. The van der Waals surface area contributed by atoms with Gasteiger partial charge < -0.3 is 4.52 Å². The predicted molar refractivity (Wildman–Crippen MR) is 74.4 cm³/mol. The zero-order valence-corrected chi connectivity index (χ0v) is 13.4. The molecule has 2 aromatic rings. The SMILES string of the molecule is CCC(Br)c1nc(-c2ccc(Br)cc2C(F)(F)F)no1. The molecule has 0 saturated carbocycles. The number of hydrogen-bond acceptors (Lipinski definition) is 3. The summed E-state index contributed by atoms with van der Waals surface area (Å²) in [4.78, 5) is 3.84. The molecule has 0 aliphatic heterocycles. The lowest BCUT2D eigenvalue weighted by molar-refractivity contribution is -0.137. The van der Waals surface area contributed by atoms with E-state index in [0.717, 1.165) is 6.07 Å². The van der Waals surface area contributed by atoms with Gasteiger partial charge in [0.1, 0.15) is 0 Å². The van der Waals surface area contributed by atoms with Crippen molar-refractivity contribution in [1.82, 2.24) is 10.1 Å². The molecule has 1 aromatic heterocycles. The third-order valence-electron chi connectivity index (χ3n) is 2.60. The number of hydrogen-bond donors (Lipinski definition) is 0. The highest BCUT2D eigenvalue weighted by molar-refractivity contribution is 9.10. The molecule has 0 N–H and O–H groups in total. The van der Waals surface area contributed by atoms with Crippen molar-refractivity contribution in [3.8, 4) is 11.4 Å². The van der Waals surface area contributed by atoms with Gasteiger partial charge in [0, 0.05) is 10.0 Å². The summed E-state index contributed by atoms with van der Waals surface area (Å²) >= 11 is 6.34. The maximum atomic E-state index is 13.0. The molecule has 108 valence electrons. The monoisotopic (exact) mass is 412 g/mol. The van der Waals surface area contributed by atoms with E-state index in [9.17, 15) is 13.2 Å². The molecular weight excluding hydrogens is 405 g/mol. The van der Waals surface area contributed by atoms with E-state index in [4.69, 9.17) is 4.52 Å². The van der Waals surface area contributed by atoms with Gasteiger partial charge in [-0.1, -0.05) is 43.9 Å². The summed E-state index contributed by atoms with van der Waals surface area (Å²) in [5, 5.41) is 3.63. The Morgan fingerprint density at radius 1 is 1.35 bits per heavy atom. The maximum absolute atomic E-state index is 13.0. The molecule has 1 aromatic carbocycles. The molecule has 0 fully saturated rings. The quantitative estimate of drug-likeness (QED) is 0.635. The van der Waals surface area contributed by atoms with E-state index in [0.29, 0.717) is 10.9 Å². The van der Waals surface area contributed by atoms with Gasteiger partial charge in [0.05, 0.1) is 10.4 Å². The summed E-state index contributed by atoms with van der Waals surface area (Å²) in [7, 11) is 0. The fourth-order valence-electron chi connectivity index (χ4n) is 1.59. The Bertz CT molecular complexity index is 613. The Kier molecular flexibility index (Phi) is 4.53. The zero-order valence-electron chi connectivity index (χ0n) is 10.2. The van der Waals surface area contributed by atoms with Crippen molar-refractivity contribution in [1.29, 1.82) is 0 Å². The Hall–Kier alpha value is -0.890. The van der Waals surface area contributed by atoms with E-state index in [2.05, 4.69) is 42.0 Å². The largest absolute Gasteiger partial charge is 0.417 e. The van der Waals surface area contributed by atoms with Crippen molar-refractivity contribution >= 4 is 31.9 Å². The topological polar surface area (TPSA) is 38.9 Å². The fourth-order valence-corrected chi connectivity index (χ4v) is 2.14. The van der Waals surface area contributed by atoms with Crippen LogP contribution in [0.5, 0.6) is 0 Å². The third-order valence-corrected chi connectivity index (χ3v) is 4.13. The third kappa shape index (κ3) is 3.22. The molecule has 8 heteroatoms. The minimum atomic E-state index is -4.49. The summed E-state index contributed by atoms with van der Waals surface area (Å²) in [5.74, 6) is 0.191. The maximum Gasteiger partial charge on any atom is 0.417 e. The van der Waals surface area contributed by atoms with E-state index < -0.39 is 11.7 Å². The van der Waals surface area contributed by atoms with Crippen molar-refractivity contribution in [3.63, 3.8) is 0 Å². The van der Waals surface area contributed by atoms with Crippen LogP contribution < -0.4 is 0 Å². The predicted octanol–water partition coefficient (Wildman–Crippen LogP) is 5.36. The van der Waals surface area contributed by atoms with Gasteiger partial charge in [-0.2, -0.15) is 18.2 Å². The van der Waals surface area contributed by atoms with Gasteiger partial charge in [0.25, 0.3) is 0 Å². The van der Waals surface area contributed by atoms with Gasteiger partial charge in [-0.3, -0.25) is 0 Å². The Morgan fingerprint density at radius 2 is 2.05 bits per heavy atom. The highest BCUT2D eigenvalue weighted by atomic mass is 79.9. The van der Waals surface area contributed by atoms with Gasteiger partial charge in [0.15, 0.2) is 0 Å². The molecule has 0 bridgehead atoms. The van der Waals surface area contributed by atoms with E-state index in [1.165, 1.54) is 12.1 Å². The van der Waals surface area contributed by atoms with Crippen LogP contribution in [0.2, 0.25) is 0 Å². The molecule has 0 spiro atoms. The molecule has 1 unspecified atom stereocenters. The van der Waals surface area contributed by atoms with E-state index >= 15 is 0 Å². The summed E-state index contributed by atoms with van der Waals surface area (Å²) in [6.45, 7) is 1.89. The lowest BCUT2D eigenvalue weighted by Crippen LogP contribution is -2.07. The Labute approximate surface area is 129 Å². The standard InChI is InChI=1S/C12H9Br2F3N2O/c1-2-9(14)11-18-10(19-20-11)7-4-3-6(13)5-8(7)12(15,16)17/h3-5,9H,2H2,1H3. The van der Waals surface area contributed by atoms with Crippen LogP contribution >= 0.6 is 31.9 Å². The van der Waals surface area contributed by atoms with Crippen LogP contribution in [0.1, 0.15) is 29.6 Å². The van der Waals surface area contributed by atoms with Crippen LogP contribution in [0.4, 0.5) is 13.2 Å². The Balaban J connectivity index is 2.50. The lowest BCUT2D eigenvalue weighted by Gasteiger charge is -2.10. The molecule has 0 aliphatic carbocycles. The second-order valence-electron chi connectivity index (χ2n) is 4.02. The summed E-state index contributed by atoms with van der Waals surface area (Å²) in [6.07, 6.45) is -3.80.